The molecule has 1 aromatic heterocycles. The van der Waals surface area contributed by atoms with Crippen molar-refractivity contribution in [3.63, 3.8) is 0 Å². The minimum atomic E-state index is -0.416. The molecule has 2 amide bonds. The normalized spacial score (nSPS) is 10.3. The number of methoxy groups -OCH3 is 2. The topological polar surface area (TPSA) is 129 Å². The first kappa shape index (κ1) is 25.0. The number of nitrogens with zero attached hydrogens (tertiary/aromatic N) is 2. The smallest absolute Gasteiger partial charge is 0.338 e. The van der Waals surface area contributed by atoms with Gasteiger partial charge in [0.15, 0.2) is 15.8 Å². The summed E-state index contributed by atoms with van der Waals surface area (Å²) in [5, 5.41) is 13.7. The third-order valence-electron chi connectivity index (χ3n) is 4.28. The first-order valence-corrected chi connectivity index (χ1v) is 11.8. The van der Waals surface area contributed by atoms with Gasteiger partial charge in [-0.05, 0) is 49.4 Å². The third-order valence-corrected chi connectivity index (χ3v) is 6.25. The van der Waals surface area contributed by atoms with Gasteiger partial charge in [0.05, 0.1) is 32.1 Å². The van der Waals surface area contributed by atoms with Crippen molar-refractivity contribution < 1.29 is 28.6 Å². The van der Waals surface area contributed by atoms with Crippen molar-refractivity contribution in [1.82, 2.24) is 10.2 Å². The van der Waals surface area contributed by atoms with Crippen LogP contribution in [-0.2, 0) is 9.53 Å². The average Bonchev–Trinajstić information content (AvgIpc) is 3.30. The minimum Gasteiger partial charge on any atom is -0.493 e. The third kappa shape index (κ3) is 6.68. The lowest BCUT2D eigenvalue weighted by molar-refractivity contribution is -0.113. The number of hydrogen-bond donors (Lipinski definition) is 2. The van der Waals surface area contributed by atoms with Crippen molar-refractivity contribution in [2.24, 2.45) is 0 Å². The van der Waals surface area contributed by atoms with E-state index in [1.165, 1.54) is 26.0 Å². The van der Waals surface area contributed by atoms with Gasteiger partial charge in [0.1, 0.15) is 0 Å². The molecular weight excluding hydrogens is 480 g/mol. The van der Waals surface area contributed by atoms with Crippen LogP contribution in [0.1, 0.15) is 27.6 Å². The summed E-state index contributed by atoms with van der Waals surface area (Å²) in [7, 11) is 3.00. The van der Waals surface area contributed by atoms with E-state index in [9.17, 15) is 14.4 Å². The molecule has 0 spiro atoms. The van der Waals surface area contributed by atoms with Crippen molar-refractivity contribution in [2.45, 2.75) is 11.3 Å². The summed E-state index contributed by atoms with van der Waals surface area (Å²) in [6.45, 7) is 2.03. The summed E-state index contributed by atoms with van der Waals surface area (Å²) in [6, 6.07) is 11.2. The van der Waals surface area contributed by atoms with E-state index in [4.69, 9.17) is 14.2 Å². The van der Waals surface area contributed by atoms with Gasteiger partial charge < -0.3 is 19.5 Å². The molecule has 0 saturated heterocycles. The molecule has 3 rings (SSSR count). The van der Waals surface area contributed by atoms with Crippen LogP contribution in [0.4, 0.5) is 10.8 Å². The number of carbonyl (C=O) groups is 3. The van der Waals surface area contributed by atoms with E-state index < -0.39 is 5.97 Å². The molecule has 178 valence electrons. The van der Waals surface area contributed by atoms with E-state index in [-0.39, 0.29) is 17.6 Å². The van der Waals surface area contributed by atoms with Crippen LogP contribution in [0.15, 0.2) is 46.8 Å². The average molecular weight is 503 g/mol. The molecule has 0 radical (unpaired) electrons. The van der Waals surface area contributed by atoms with E-state index >= 15 is 0 Å². The second-order valence-electron chi connectivity index (χ2n) is 6.53. The fourth-order valence-corrected chi connectivity index (χ4v) is 4.24. The summed E-state index contributed by atoms with van der Waals surface area (Å²) in [5.74, 6) is 0.00342. The van der Waals surface area contributed by atoms with Gasteiger partial charge in [-0.1, -0.05) is 23.1 Å². The quantitative estimate of drug-likeness (QED) is 0.242. The standard InChI is InChI=1S/C22H22N4O6S2/c1-4-32-20(29)13-5-8-15(9-6-13)23-18(27)12-33-22-26-25-21(34-22)24-19(28)14-7-10-16(30-2)17(11-14)31-3/h5-11H,4,12H2,1-3H3,(H,23,27)(H,24,25,28). The highest BCUT2D eigenvalue weighted by molar-refractivity contribution is 8.01. The molecule has 0 fully saturated rings. The van der Waals surface area contributed by atoms with E-state index in [2.05, 4.69) is 20.8 Å². The number of anilines is 2. The number of esters is 1. The number of nitrogens with one attached hydrogen (secondary N) is 2. The second kappa shape index (κ2) is 12.0. The Hall–Kier alpha value is -3.64. The Bertz CT molecular complexity index is 1170. The Labute approximate surface area is 204 Å². The number of aromatic nitrogens is 2. The molecule has 2 aromatic carbocycles. The van der Waals surface area contributed by atoms with Gasteiger partial charge in [-0.2, -0.15) is 0 Å². The first-order valence-electron chi connectivity index (χ1n) is 10.00. The van der Waals surface area contributed by atoms with E-state index in [1.54, 1.807) is 49.4 Å². The van der Waals surface area contributed by atoms with Gasteiger partial charge in [-0.3, -0.25) is 14.9 Å². The fraction of sp³-hybridized carbons (Fsp3) is 0.227. The summed E-state index contributed by atoms with van der Waals surface area (Å²) in [4.78, 5) is 36.4. The van der Waals surface area contributed by atoms with Crippen LogP contribution in [0.25, 0.3) is 0 Å². The maximum absolute atomic E-state index is 12.5. The van der Waals surface area contributed by atoms with Crippen LogP contribution in [0.2, 0.25) is 0 Å². The van der Waals surface area contributed by atoms with Crippen LogP contribution in [0, 0.1) is 0 Å². The maximum atomic E-state index is 12.5. The SMILES string of the molecule is CCOC(=O)c1ccc(NC(=O)CSc2nnc(NC(=O)c3ccc(OC)c(OC)c3)s2)cc1. The van der Waals surface area contributed by atoms with Crippen molar-refractivity contribution in [3.8, 4) is 11.5 Å². The molecule has 34 heavy (non-hydrogen) atoms. The number of benzene rings is 2. The highest BCUT2D eigenvalue weighted by Gasteiger charge is 2.14. The van der Waals surface area contributed by atoms with Gasteiger partial charge in [0.2, 0.25) is 11.0 Å². The molecule has 0 saturated carbocycles. The van der Waals surface area contributed by atoms with Gasteiger partial charge in [-0.25, -0.2) is 4.79 Å². The molecule has 12 heteroatoms. The lowest BCUT2D eigenvalue weighted by Gasteiger charge is -2.08. The van der Waals surface area contributed by atoms with E-state index in [0.717, 1.165) is 11.3 Å². The largest absolute Gasteiger partial charge is 0.493 e. The van der Waals surface area contributed by atoms with Crippen molar-refractivity contribution >= 4 is 51.7 Å². The van der Waals surface area contributed by atoms with Gasteiger partial charge >= 0.3 is 5.97 Å². The molecular formula is C22H22N4O6S2. The van der Waals surface area contributed by atoms with Crippen LogP contribution in [0.3, 0.4) is 0 Å². The number of carbonyl (C=O) groups excluding carboxylic acids is 3. The molecule has 2 N–H and O–H groups in total. The molecule has 10 nitrogen and oxygen atoms in total. The Morgan fingerprint density at radius 3 is 2.32 bits per heavy atom. The molecule has 0 bridgehead atoms. The van der Waals surface area contributed by atoms with Crippen LogP contribution in [-0.4, -0.2) is 54.6 Å². The highest BCUT2D eigenvalue weighted by Crippen LogP contribution is 2.29. The Balaban J connectivity index is 1.50. The number of hydrogen-bond acceptors (Lipinski definition) is 10. The summed E-state index contributed by atoms with van der Waals surface area (Å²) in [6.07, 6.45) is 0. The zero-order valence-corrected chi connectivity index (χ0v) is 20.2. The lowest BCUT2D eigenvalue weighted by Crippen LogP contribution is -2.14. The van der Waals surface area contributed by atoms with Crippen LogP contribution < -0.4 is 20.1 Å². The zero-order valence-electron chi connectivity index (χ0n) is 18.6. The van der Waals surface area contributed by atoms with Gasteiger partial charge in [0, 0.05) is 11.3 Å². The monoisotopic (exact) mass is 502 g/mol. The molecule has 0 aliphatic heterocycles. The maximum Gasteiger partial charge on any atom is 0.338 e. The lowest BCUT2D eigenvalue weighted by atomic mass is 10.2. The molecule has 3 aromatic rings. The second-order valence-corrected chi connectivity index (χ2v) is 8.73. The molecule has 1 heterocycles. The van der Waals surface area contributed by atoms with E-state index in [0.29, 0.717) is 44.4 Å². The van der Waals surface area contributed by atoms with Crippen molar-refractivity contribution in [3.05, 3.63) is 53.6 Å². The summed E-state index contributed by atoms with van der Waals surface area (Å²) >= 11 is 2.34. The number of rotatable bonds is 10. The Kier molecular flexibility index (Phi) is 8.82. The van der Waals surface area contributed by atoms with Crippen molar-refractivity contribution in [1.29, 1.82) is 0 Å². The number of ether oxygens (including phenoxy) is 3. The number of thioether (sulfide) groups is 1. The first-order chi connectivity index (χ1) is 16.4. The van der Waals surface area contributed by atoms with Crippen LogP contribution in [0.5, 0.6) is 11.5 Å². The highest BCUT2D eigenvalue weighted by atomic mass is 32.2. The summed E-state index contributed by atoms with van der Waals surface area (Å²) in [5.41, 5.74) is 1.33. The number of amides is 2. The molecule has 0 aliphatic carbocycles. The van der Waals surface area contributed by atoms with Crippen molar-refractivity contribution in [2.75, 3.05) is 37.2 Å². The van der Waals surface area contributed by atoms with Gasteiger partial charge in [-0.15, -0.1) is 10.2 Å². The molecule has 0 aliphatic rings. The van der Waals surface area contributed by atoms with E-state index in [1.807, 2.05) is 0 Å². The minimum absolute atomic E-state index is 0.0951. The van der Waals surface area contributed by atoms with Gasteiger partial charge in [0.25, 0.3) is 5.91 Å². The summed E-state index contributed by atoms with van der Waals surface area (Å²) < 4.78 is 15.8. The Morgan fingerprint density at radius 2 is 1.65 bits per heavy atom. The Morgan fingerprint density at radius 1 is 0.941 bits per heavy atom. The predicted octanol–water partition coefficient (Wildman–Crippen LogP) is 3.72. The molecule has 0 unspecified atom stereocenters. The predicted molar refractivity (Wildman–Crippen MR) is 129 cm³/mol. The fourth-order valence-electron chi connectivity index (χ4n) is 2.69. The zero-order chi connectivity index (χ0) is 24.5. The molecule has 0 atom stereocenters. The van der Waals surface area contributed by atoms with Crippen LogP contribution >= 0.6 is 23.1 Å².